The van der Waals surface area contributed by atoms with Crippen LogP contribution in [0, 0.1) is 0 Å². The van der Waals surface area contributed by atoms with E-state index in [2.05, 4.69) is 25.7 Å². The molecule has 7 rings (SSSR count). The summed E-state index contributed by atoms with van der Waals surface area (Å²) in [4.78, 5) is 24.9. The standard InChI is InChI=1S/C32H30ClF3N8O2/c1-42-27(6-8-39-42)19-2-4-23(26(33)15-19)24-14-20-17-38-31(41-29(20)44(30(24)45)22-7-13-46-18-22)40-21-3-5-28(25(16-21)32(34,35)36)43-11-9-37-10-12-43/h2-6,8,14-17,22,37H,7,9-13,18H2,1H3,(H,38,40,41). The molecule has 2 fully saturated rings. The molecule has 0 aliphatic carbocycles. The number of fused-ring (bicyclic) bond motifs is 1. The lowest BCUT2D eigenvalue weighted by atomic mass is 10.0. The van der Waals surface area contributed by atoms with Crippen molar-refractivity contribution in [3.63, 3.8) is 0 Å². The van der Waals surface area contributed by atoms with E-state index >= 15 is 0 Å². The van der Waals surface area contributed by atoms with Crippen LogP contribution >= 0.6 is 11.6 Å². The first-order valence-corrected chi connectivity index (χ1v) is 15.3. The normalized spacial score (nSPS) is 17.2. The van der Waals surface area contributed by atoms with Crippen LogP contribution in [0.4, 0.5) is 30.5 Å². The van der Waals surface area contributed by atoms with Gasteiger partial charge in [0.15, 0.2) is 0 Å². The molecule has 0 bridgehead atoms. The molecule has 0 radical (unpaired) electrons. The summed E-state index contributed by atoms with van der Waals surface area (Å²) in [7, 11) is 1.84. The summed E-state index contributed by atoms with van der Waals surface area (Å²) in [5.41, 5.74) is 2.28. The number of pyridine rings is 1. The maximum absolute atomic E-state index is 14.2. The second-order valence-corrected chi connectivity index (χ2v) is 11.8. The summed E-state index contributed by atoms with van der Waals surface area (Å²) in [6, 6.07) is 12.9. The molecule has 2 aromatic carbocycles. The van der Waals surface area contributed by atoms with Gasteiger partial charge in [0.25, 0.3) is 5.56 Å². The first-order chi connectivity index (χ1) is 22.2. The Morgan fingerprint density at radius 2 is 1.89 bits per heavy atom. The maximum atomic E-state index is 14.2. The van der Waals surface area contributed by atoms with Crippen LogP contribution < -0.4 is 21.1 Å². The smallest absolute Gasteiger partial charge is 0.379 e. The third-order valence-corrected chi connectivity index (χ3v) is 8.75. The summed E-state index contributed by atoms with van der Waals surface area (Å²) in [5, 5.41) is 11.3. The average Bonchev–Trinajstić information content (AvgIpc) is 3.73. The largest absolute Gasteiger partial charge is 0.418 e. The lowest BCUT2D eigenvalue weighted by Gasteiger charge is -2.31. The van der Waals surface area contributed by atoms with Crippen molar-refractivity contribution in [3.8, 4) is 22.4 Å². The molecule has 2 saturated heterocycles. The van der Waals surface area contributed by atoms with E-state index in [1.165, 1.54) is 6.07 Å². The third kappa shape index (κ3) is 5.70. The molecule has 2 aliphatic heterocycles. The van der Waals surface area contributed by atoms with E-state index < -0.39 is 11.7 Å². The number of benzene rings is 2. The molecule has 5 aromatic rings. The monoisotopic (exact) mass is 650 g/mol. The highest BCUT2D eigenvalue weighted by Gasteiger charge is 2.35. The molecule has 2 N–H and O–H groups in total. The second kappa shape index (κ2) is 12.0. The molecule has 238 valence electrons. The van der Waals surface area contributed by atoms with Gasteiger partial charge in [0.1, 0.15) is 5.65 Å². The number of nitrogens with zero attached hydrogens (tertiary/aromatic N) is 6. The van der Waals surface area contributed by atoms with Crippen LogP contribution in [0.25, 0.3) is 33.4 Å². The molecule has 0 saturated carbocycles. The Labute approximate surface area is 266 Å². The van der Waals surface area contributed by atoms with Crippen LogP contribution in [-0.2, 0) is 18.0 Å². The van der Waals surface area contributed by atoms with Gasteiger partial charge in [-0.25, -0.2) is 4.98 Å². The van der Waals surface area contributed by atoms with Gasteiger partial charge in [0, 0.05) is 90.7 Å². The highest BCUT2D eigenvalue weighted by Crippen LogP contribution is 2.39. The van der Waals surface area contributed by atoms with Crippen molar-refractivity contribution in [2.24, 2.45) is 7.05 Å². The number of nitrogens with one attached hydrogen (secondary N) is 2. The number of aryl methyl sites for hydroxylation is 1. The number of rotatable bonds is 6. The Balaban J connectivity index is 1.28. The van der Waals surface area contributed by atoms with Gasteiger partial charge < -0.3 is 20.3 Å². The summed E-state index contributed by atoms with van der Waals surface area (Å²) in [6.07, 6.45) is -0.707. The lowest BCUT2D eigenvalue weighted by Crippen LogP contribution is -2.44. The summed E-state index contributed by atoms with van der Waals surface area (Å²) >= 11 is 6.76. The van der Waals surface area contributed by atoms with Crippen LogP contribution in [0.3, 0.4) is 0 Å². The van der Waals surface area contributed by atoms with Crippen molar-refractivity contribution in [1.29, 1.82) is 0 Å². The molecule has 1 atom stereocenters. The first-order valence-electron chi connectivity index (χ1n) is 14.9. The molecule has 14 heteroatoms. The molecule has 3 aromatic heterocycles. The summed E-state index contributed by atoms with van der Waals surface area (Å²) in [5.74, 6) is 0.0638. The fourth-order valence-electron chi connectivity index (χ4n) is 6.14. The molecule has 5 heterocycles. The van der Waals surface area contributed by atoms with Crippen LogP contribution in [0.1, 0.15) is 18.0 Å². The number of anilines is 3. The maximum Gasteiger partial charge on any atom is 0.418 e. The van der Waals surface area contributed by atoms with E-state index in [1.807, 2.05) is 25.2 Å². The fourth-order valence-corrected chi connectivity index (χ4v) is 6.42. The van der Waals surface area contributed by atoms with Gasteiger partial charge in [-0.3, -0.25) is 14.0 Å². The quantitative estimate of drug-likeness (QED) is 0.243. The van der Waals surface area contributed by atoms with Crippen molar-refractivity contribution in [2.75, 3.05) is 49.6 Å². The summed E-state index contributed by atoms with van der Waals surface area (Å²) in [6.45, 7) is 2.99. The van der Waals surface area contributed by atoms with Gasteiger partial charge in [-0.2, -0.15) is 23.3 Å². The lowest BCUT2D eigenvalue weighted by molar-refractivity contribution is -0.137. The zero-order chi connectivity index (χ0) is 32.0. The number of hydrogen-bond donors (Lipinski definition) is 2. The minimum Gasteiger partial charge on any atom is -0.379 e. The number of alkyl halides is 3. The van der Waals surface area contributed by atoms with E-state index in [4.69, 9.17) is 16.3 Å². The zero-order valence-electron chi connectivity index (χ0n) is 24.8. The number of aromatic nitrogens is 5. The van der Waals surface area contributed by atoms with Gasteiger partial charge in [0.05, 0.1) is 23.9 Å². The number of piperazine rings is 1. The van der Waals surface area contributed by atoms with Gasteiger partial charge in [0.2, 0.25) is 5.95 Å². The van der Waals surface area contributed by atoms with Gasteiger partial charge in [-0.15, -0.1) is 0 Å². The Morgan fingerprint density at radius 3 is 2.59 bits per heavy atom. The summed E-state index contributed by atoms with van der Waals surface area (Å²) < 4.78 is 51.4. The van der Waals surface area contributed by atoms with Crippen LogP contribution in [-0.4, -0.2) is 63.7 Å². The molecule has 10 nitrogen and oxygen atoms in total. The van der Waals surface area contributed by atoms with E-state index in [9.17, 15) is 18.0 Å². The molecular weight excluding hydrogens is 621 g/mol. The highest BCUT2D eigenvalue weighted by atomic mass is 35.5. The fraction of sp³-hybridized carbons (Fsp3) is 0.312. The molecule has 2 aliphatic rings. The van der Waals surface area contributed by atoms with Crippen molar-refractivity contribution in [1.82, 2.24) is 29.6 Å². The van der Waals surface area contributed by atoms with Crippen LogP contribution in [0.15, 0.2) is 65.7 Å². The van der Waals surface area contributed by atoms with E-state index in [0.717, 1.165) is 17.3 Å². The predicted octanol–water partition coefficient (Wildman–Crippen LogP) is 5.65. The van der Waals surface area contributed by atoms with Crippen molar-refractivity contribution >= 4 is 40.0 Å². The van der Waals surface area contributed by atoms with E-state index in [1.54, 1.807) is 44.7 Å². The second-order valence-electron chi connectivity index (χ2n) is 11.3. The Morgan fingerprint density at radius 1 is 1.07 bits per heavy atom. The van der Waals surface area contributed by atoms with E-state index in [0.29, 0.717) is 73.0 Å². The number of halogens is 4. The van der Waals surface area contributed by atoms with Crippen LogP contribution in [0.2, 0.25) is 5.02 Å². The van der Waals surface area contributed by atoms with Crippen LogP contribution in [0.5, 0.6) is 0 Å². The predicted molar refractivity (Wildman–Crippen MR) is 171 cm³/mol. The Kier molecular flexibility index (Phi) is 7.91. The minimum atomic E-state index is -4.56. The highest BCUT2D eigenvalue weighted by molar-refractivity contribution is 6.33. The van der Waals surface area contributed by atoms with Crippen molar-refractivity contribution < 1.29 is 17.9 Å². The average molecular weight is 651 g/mol. The Bertz CT molecular complexity index is 1980. The van der Waals surface area contributed by atoms with Gasteiger partial charge >= 0.3 is 6.18 Å². The van der Waals surface area contributed by atoms with Crippen molar-refractivity contribution in [3.05, 3.63) is 81.9 Å². The Hall–Kier alpha value is -4.46. The van der Waals surface area contributed by atoms with Gasteiger partial charge in [-0.1, -0.05) is 23.7 Å². The number of ether oxygens (including phenoxy) is 1. The topological polar surface area (TPSA) is 102 Å². The zero-order valence-corrected chi connectivity index (χ0v) is 25.6. The molecule has 1 unspecified atom stereocenters. The molecule has 46 heavy (non-hydrogen) atoms. The molecule has 0 spiro atoms. The molecular formula is C32H30ClF3N8O2. The number of hydrogen-bond acceptors (Lipinski definition) is 8. The van der Waals surface area contributed by atoms with E-state index in [-0.39, 0.29) is 28.9 Å². The third-order valence-electron chi connectivity index (χ3n) is 8.44. The minimum absolute atomic E-state index is 0.0638. The molecule has 0 amide bonds. The van der Waals surface area contributed by atoms with Crippen molar-refractivity contribution in [2.45, 2.75) is 18.6 Å². The SMILES string of the molecule is Cn1nccc1-c1ccc(-c2cc3cnc(Nc4ccc(N5CCNCC5)c(C(F)(F)F)c4)nc3n(C3CCOC3)c2=O)c(Cl)c1. The first kappa shape index (κ1) is 30.2. The van der Waals surface area contributed by atoms with Gasteiger partial charge in [-0.05, 0) is 42.8 Å².